The van der Waals surface area contributed by atoms with E-state index in [0.717, 1.165) is 11.4 Å². The molecule has 2 aromatic carbocycles. The molecule has 1 atom stereocenters. The van der Waals surface area contributed by atoms with Crippen LogP contribution in [0.2, 0.25) is 0 Å². The van der Waals surface area contributed by atoms with Crippen LogP contribution in [-0.2, 0) is 5.60 Å². The topological polar surface area (TPSA) is 93.4 Å². The summed E-state index contributed by atoms with van der Waals surface area (Å²) in [5.74, 6) is 0.741. The lowest BCUT2D eigenvalue weighted by Crippen LogP contribution is -2.50. The summed E-state index contributed by atoms with van der Waals surface area (Å²) in [6.07, 6.45) is 2.07. The van der Waals surface area contributed by atoms with E-state index in [0.29, 0.717) is 48.7 Å². The number of carbonyl (C=O) groups excluding carboxylic acids is 1. The van der Waals surface area contributed by atoms with E-state index in [1.54, 1.807) is 29.2 Å². The van der Waals surface area contributed by atoms with Gasteiger partial charge in [0.1, 0.15) is 24.3 Å². The van der Waals surface area contributed by atoms with Crippen LogP contribution in [0.4, 0.5) is 4.39 Å². The van der Waals surface area contributed by atoms with Crippen molar-refractivity contribution in [3.63, 3.8) is 0 Å². The number of aromatic nitrogens is 1. The second kappa shape index (κ2) is 9.24. The zero-order valence-corrected chi connectivity index (χ0v) is 19.3. The molecule has 0 radical (unpaired) electrons. The van der Waals surface area contributed by atoms with Gasteiger partial charge in [0, 0.05) is 43.8 Å². The van der Waals surface area contributed by atoms with Gasteiger partial charge in [0.05, 0.1) is 25.1 Å². The fourth-order valence-electron chi connectivity index (χ4n) is 4.76. The van der Waals surface area contributed by atoms with Crippen molar-refractivity contribution in [3.8, 4) is 22.9 Å². The first kappa shape index (κ1) is 23.2. The Hall–Kier alpha value is -3.56. The van der Waals surface area contributed by atoms with Gasteiger partial charge in [-0.1, -0.05) is 0 Å². The second-order valence-electron chi connectivity index (χ2n) is 8.78. The molecule has 0 saturated carbocycles. The largest absolute Gasteiger partial charge is 0.493 e. The van der Waals surface area contributed by atoms with E-state index in [4.69, 9.17) is 19.3 Å². The quantitative estimate of drug-likeness (QED) is 0.561. The molecule has 1 fully saturated rings. The highest BCUT2D eigenvalue weighted by Crippen LogP contribution is 2.45. The Bertz CT molecular complexity index is 1230. The number of piperidine rings is 1. The average molecular weight is 483 g/mol. The number of hydrogen-bond acceptors (Lipinski definition) is 6. The number of nitrogens with zero attached hydrogens (tertiary/aromatic N) is 2. The summed E-state index contributed by atoms with van der Waals surface area (Å²) in [6, 6.07) is 13.4. The first-order chi connectivity index (χ1) is 16.9. The van der Waals surface area contributed by atoms with Crippen molar-refractivity contribution >= 4 is 5.91 Å². The lowest BCUT2D eigenvalue weighted by molar-refractivity contribution is -0.00951. The van der Waals surface area contributed by atoms with Crippen molar-refractivity contribution in [3.05, 3.63) is 71.8 Å². The summed E-state index contributed by atoms with van der Waals surface area (Å²) < 4.78 is 33.2. The summed E-state index contributed by atoms with van der Waals surface area (Å²) in [7, 11) is 1.47. The number of methoxy groups -OCH3 is 1. The monoisotopic (exact) mass is 482 g/mol. The third-order valence-electron chi connectivity index (χ3n) is 6.61. The number of amides is 1. The summed E-state index contributed by atoms with van der Waals surface area (Å²) in [5.41, 5.74) is 1.62. The molecule has 1 spiro atoms. The second-order valence-corrected chi connectivity index (χ2v) is 8.78. The van der Waals surface area contributed by atoms with Crippen LogP contribution in [0.5, 0.6) is 17.2 Å². The van der Waals surface area contributed by atoms with E-state index >= 15 is 0 Å². The molecule has 1 amide bonds. The number of halogens is 1. The van der Waals surface area contributed by atoms with Crippen LogP contribution >= 0.6 is 0 Å². The first-order valence-electron chi connectivity index (χ1n) is 11.5. The molecule has 0 aliphatic carbocycles. The van der Waals surface area contributed by atoms with Crippen molar-refractivity contribution < 1.29 is 33.6 Å². The van der Waals surface area contributed by atoms with Gasteiger partial charge in [-0.15, -0.1) is 0 Å². The number of carbonyl (C=O) groups is 1. The van der Waals surface area contributed by atoms with Gasteiger partial charge in [-0.2, -0.15) is 0 Å². The minimum atomic E-state index is -1.01. The lowest BCUT2D eigenvalue weighted by atomic mass is 9.86. The van der Waals surface area contributed by atoms with Crippen molar-refractivity contribution in [2.75, 3.05) is 33.4 Å². The van der Waals surface area contributed by atoms with Crippen LogP contribution in [0.1, 0.15) is 28.9 Å². The lowest BCUT2D eigenvalue weighted by Gasteiger charge is -2.45. The van der Waals surface area contributed by atoms with Gasteiger partial charge in [-0.25, -0.2) is 4.39 Å². The molecule has 1 aromatic heterocycles. The number of hydrogen-bond donors (Lipinski definition) is 2. The molecule has 2 aliphatic heterocycles. The van der Waals surface area contributed by atoms with Crippen LogP contribution in [0.15, 0.2) is 54.7 Å². The maximum absolute atomic E-state index is 13.9. The van der Waals surface area contributed by atoms with Crippen molar-refractivity contribution in [1.29, 1.82) is 0 Å². The number of benzene rings is 2. The van der Waals surface area contributed by atoms with Gasteiger partial charge in [0.2, 0.25) is 0 Å². The smallest absolute Gasteiger partial charge is 0.253 e. The number of rotatable bonds is 6. The molecular weight excluding hydrogens is 455 g/mol. The van der Waals surface area contributed by atoms with E-state index in [9.17, 15) is 14.3 Å². The molecule has 0 bridgehead atoms. The molecule has 35 heavy (non-hydrogen) atoms. The minimum absolute atomic E-state index is 0.0941. The molecule has 2 aliphatic rings. The number of ether oxygens (including phenoxy) is 3. The molecule has 0 unspecified atom stereocenters. The Morgan fingerprint density at radius 1 is 1.17 bits per heavy atom. The normalized spacial score (nSPS) is 16.7. The summed E-state index contributed by atoms with van der Waals surface area (Å²) in [5, 5.41) is 18.5. The molecule has 9 heteroatoms. The standard InChI is InChI=1S/C26H27FN2O6/c1-33-23-13-17(4-7-21(23)34-16-19(31)15-30)25(32)28-11-8-26(9-12-28)24-3-2-10-29(24)20-6-5-18(27)14-22(20)35-26/h2-7,10,13-14,19,30-31H,8-9,11-12,15-16H2,1H3/t19-/m1/s1. The van der Waals surface area contributed by atoms with Crippen LogP contribution in [0.25, 0.3) is 5.69 Å². The molecule has 3 aromatic rings. The van der Waals surface area contributed by atoms with Gasteiger partial charge < -0.3 is 33.9 Å². The molecule has 184 valence electrons. The van der Waals surface area contributed by atoms with E-state index in [1.807, 2.05) is 22.9 Å². The minimum Gasteiger partial charge on any atom is -0.493 e. The van der Waals surface area contributed by atoms with Crippen molar-refractivity contribution in [2.45, 2.75) is 24.5 Å². The van der Waals surface area contributed by atoms with Gasteiger partial charge in [-0.3, -0.25) is 4.79 Å². The van der Waals surface area contributed by atoms with Crippen molar-refractivity contribution in [1.82, 2.24) is 9.47 Å². The Labute approximate surface area is 202 Å². The number of aliphatic hydroxyl groups excluding tert-OH is 2. The molecule has 2 N–H and O–H groups in total. The van der Waals surface area contributed by atoms with E-state index in [1.165, 1.54) is 19.2 Å². The van der Waals surface area contributed by atoms with E-state index < -0.39 is 18.3 Å². The van der Waals surface area contributed by atoms with Crippen LogP contribution in [0, 0.1) is 5.82 Å². The highest BCUT2D eigenvalue weighted by molar-refractivity contribution is 5.95. The van der Waals surface area contributed by atoms with Gasteiger partial charge >= 0.3 is 0 Å². The fourth-order valence-corrected chi connectivity index (χ4v) is 4.76. The zero-order valence-electron chi connectivity index (χ0n) is 19.3. The van der Waals surface area contributed by atoms with Gasteiger partial charge in [0.25, 0.3) is 5.91 Å². The Morgan fingerprint density at radius 2 is 1.97 bits per heavy atom. The van der Waals surface area contributed by atoms with Gasteiger partial charge in [0.15, 0.2) is 17.1 Å². The fraction of sp³-hybridized carbons (Fsp3) is 0.346. The maximum Gasteiger partial charge on any atom is 0.253 e. The number of aliphatic hydroxyl groups is 2. The summed E-state index contributed by atoms with van der Waals surface area (Å²) in [4.78, 5) is 15.0. The Morgan fingerprint density at radius 3 is 2.71 bits per heavy atom. The summed E-state index contributed by atoms with van der Waals surface area (Å²) >= 11 is 0. The summed E-state index contributed by atoms with van der Waals surface area (Å²) in [6.45, 7) is 0.434. The zero-order chi connectivity index (χ0) is 24.6. The number of likely N-dealkylation sites (tertiary alicyclic amines) is 1. The van der Waals surface area contributed by atoms with Crippen LogP contribution in [-0.4, -0.2) is 65.1 Å². The van der Waals surface area contributed by atoms with Gasteiger partial charge in [-0.05, 0) is 42.5 Å². The Balaban J connectivity index is 1.32. The molecule has 8 nitrogen and oxygen atoms in total. The third-order valence-corrected chi connectivity index (χ3v) is 6.61. The third kappa shape index (κ3) is 4.21. The van der Waals surface area contributed by atoms with Crippen molar-refractivity contribution in [2.24, 2.45) is 0 Å². The highest BCUT2D eigenvalue weighted by Gasteiger charge is 2.44. The molecule has 5 rings (SSSR count). The van der Waals surface area contributed by atoms with E-state index in [2.05, 4.69) is 0 Å². The number of fused-ring (bicyclic) bond motifs is 4. The maximum atomic E-state index is 13.9. The highest BCUT2D eigenvalue weighted by atomic mass is 19.1. The van der Waals surface area contributed by atoms with Crippen LogP contribution < -0.4 is 14.2 Å². The molecule has 1 saturated heterocycles. The van der Waals surface area contributed by atoms with E-state index in [-0.39, 0.29) is 18.3 Å². The average Bonchev–Trinajstić information content (AvgIpc) is 3.38. The SMILES string of the molecule is COc1cc(C(=O)N2CCC3(CC2)Oc2cc(F)ccc2-n2cccc23)ccc1OC[C@H](O)CO. The predicted octanol–water partition coefficient (Wildman–Crippen LogP) is 2.88. The molecular formula is C26H27FN2O6. The van der Waals surface area contributed by atoms with Crippen LogP contribution in [0.3, 0.4) is 0 Å². The first-order valence-corrected chi connectivity index (χ1v) is 11.5. The predicted molar refractivity (Wildman–Crippen MR) is 125 cm³/mol. The Kier molecular flexibility index (Phi) is 6.12. The molecule has 3 heterocycles.